The minimum absolute atomic E-state index is 0.00357. The molecule has 0 aromatic heterocycles. The zero-order valence-corrected chi connectivity index (χ0v) is 17.8. The molecular weight excluding hydrogens is 430 g/mol. The number of benzene rings is 2. The van der Waals surface area contributed by atoms with Crippen LogP contribution in [0.4, 0.5) is 17.6 Å². The van der Waals surface area contributed by atoms with Gasteiger partial charge in [-0.2, -0.15) is 0 Å². The molecule has 5 nitrogen and oxygen atoms in total. The molecule has 176 valence electrons. The van der Waals surface area contributed by atoms with Crippen molar-refractivity contribution in [2.45, 2.75) is 37.3 Å². The van der Waals surface area contributed by atoms with Crippen LogP contribution in [-0.4, -0.2) is 51.0 Å². The van der Waals surface area contributed by atoms with E-state index in [9.17, 15) is 18.3 Å². The van der Waals surface area contributed by atoms with Crippen molar-refractivity contribution in [1.82, 2.24) is 5.32 Å². The van der Waals surface area contributed by atoms with E-state index in [1.807, 2.05) is 0 Å². The van der Waals surface area contributed by atoms with Crippen LogP contribution in [0.15, 0.2) is 42.5 Å². The number of aliphatic hydroxyl groups excluding tert-OH is 1. The van der Waals surface area contributed by atoms with Crippen molar-refractivity contribution in [3.63, 3.8) is 0 Å². The maximum absolute atomic E-state index is 15.2. The Hall–Kier alpha value is -2.20. The summed E-state index contributed by atoms with van der Waals surface area (Å²) >= 11 is 0. The quantitative estimate of drug-likeness (QED) is 0.432. The number of ether oxygens (including phenoxy) is 3. The molecule has 2 aromatic rings. The van der Waals surface area contributed by atoms with Crippen LogP contribution in [0.1, 0.15) is 24.8 Å². The molecule has 2 atom stereocenters. The fourth-order valence-corrected chi connectivity index (χ4v) is 4.20. The van der Waals surface area contributed by atoms with Gasteiger partial charge in [-0.3, -0.25) is 0 Å². The topological polar surface area (TPSA) is 60.0 Å². The second-order valence-electron chi connectivity index (χ2n) is 7.58. The predicted molar refractivity (Wildman–Crippen MR) is 111 cm³/mol. The summed E-state index contributed by atoms with van der Waals surface area (Å²) in [6.07, 6.45) is -3.80. The molecule has 2 N–H and O–H groups in total. The molecule has 32 heavy (non-hydrogen) atoms. The monoisotopic (exact) mass is 457 g/mol. The number of hydrogen-bond acceptors (Lipinski definition) is 5. The van der Waals surface area contributed by atoms with Crippen LogP contribution in [0.2, 0.25) is 0 Å². The van der Waals surface area contributed by atoms with E-state index in [1.165, 1.54) is 25.3 Å². The summed E-state index contributed by atoms with van der Waals surface area (Å²) in [4.78, 5) is 0. The third-order valence-electron chi connectivity index (χ3n) is 5.59. The van der Waals surface area contributed by atoms with Crippen LogP contribution < -0.4 is 10.1 Å². The standard InChI is InChI=1S/C23H27F4NO4/c1-30-22(10-2-3-12-29,20-15-28-11-13-31-20)18-8-5-9-19(24)21(18)16-6-4-7-17(14-16)32-23(25,26)27/h4-9,14,20,28-29H,2-3,10-13,15H2,1H3/t20-,22-/m1/s1. The van der Waals surface area contributed by atoms with Gasteiger partial charge in [-0.15, -0.1) is 13.2 Å². The molecule has 0 unspecified atom stereocenters. The highest BCUT2D eigenvalue weighted by Crippen LogP contribution is 2.43. The van der Waals surface area contributed by atoms with E-state index in [0.717, 1.165) is 12.1 Å². The predicted octanol–water partition coefficient (Wildman–Crippen LogP) is 4.38. The number of nitrogens with one attached hydrogen (secondary N) is 1. The van der Waals surface area contributed by atoms with Gasteiger partial charge in [-0.25, -0.2) is 4.39 Å². The average molecular weight is 457 g/mol. The van der Waals surface area contributed by atoms with Gasteiger partial charge in [-0.1, -0.05) is 24.3 Å². The first-order chi connectivity index (χ1) is 15.3. The summed E-state index contributed by atoms with van der Waals surface area (Å²) in [5, 5.41) is 12.5. The van der Waals surface area contributed by atoms with E-state index < -0.39 is 29.6 Å². The molecule has 2 aromatic carbocycles. The number of hydrogen-bond donors (Lipinski definition) is 2. The number of rotatable bonds is 9. The third kappa shape index (κ3) is 5.58. The summed E-state index contributed by atoms with van der Waals surface area (Å²) in [5.74, 6) is -1.04. The Kier molecular flexibility index (Phi) is 8.10. The molecule has 0 radical (unpaired) electrons. The Morgan fingerprint density at radius 1 is 1.16 bits per heavy atom. The van der Waals surface area contributed by atoms with Gasteiger partial charge in [-0.05, 0) is 48.6 Å². The maximum atomic E-state index is 15.2. The van der Waals surface area contributed by atoms with Crippen LogP contribution in [0.5, 0.6) is 5.75 Å². The highest BCUT2D eigenvalue weighted by molar-refractivity contribution is 5.71. The largest absolute Gasteiger partial charge is 0.573 e. The zero-order chi connectivity index (χ0) is 23.2. The maximum Gasteiger partial charge on any atom is 0.573 e. The summed E-state index contributed by atoms with van der Waals surface area (Å²) in [6, 6.07) is 9.73. The highest BCUT2D eigenvalue weighted by Gasteiger charge is 2.44. The normalized spacial score (nSPS) is 18.9. The fourth-order valence-electron chi connectivity index (χ4n) is 4.20. The Morgan fingerprint density at radius 2 is 1.94 bits per heavy atom. The first-order valence-corrected chi connectivity index (χ1v) is 10.4. The minimum atomic E-state index is -4.86. The van der Waals surface area contributed by atoms with E-state index in [4.69, 9.17) is 9.47 Å². The summed E-state index contributed by atoms with van der Waals surface area (Å²) in [7, 11) is 1.51. The van der Waals surface area contributed by atoms with Crippen LogP contribution in [0.25, 0.3) is 11.1 Å². The lowest BCUT2D eigenvalue weighted by Crippen LogP contribution is -2.52. The summed E-state index contributed by atoms with van der Waals surface area (Å²) < 4.78 is 69.5. The molecule has 1 aliphatic heterocycles. The molecule has 0 spiro atoms. The lowest BCUT2D eigenvalue weighted by Gasteiger charge is -2.43. The van der Waals surface area contributed by atoms with Gasteiger partial charge in [0, 0.05) is 32.4 Å². The number of unbranched alkanes of at least 4 members (excludes halogenated alkanes) is 1. The number of halogens is 4. The molecule has 3 rings (SSSR count). The van der Waals surface area contributed by atoms with Gasteiger partial charge in [0.1, 0.15) is 23.3 Å². The number of aliphatic hydroxyl groups is 1. The molecule has 0 saturated carbocycles. The van der Waals surface area contributed by atoms with Gasteiger partial charge in [0.15, 0.2) is 0 Å². The fraction of sp³-hybridized carbons (Fsp3) is 0.478. The van der Waals surface area contributed by atoms with Crippen LogP contribution in [0.3, 0.4) is 0 Å². The van der Waals surface area contributed by atoms with Gasteiger partial charge in [0.25, 0.3) is 0 Å². The minimum Gasteiger partial charge on any atom is -0.406 e. The van der Waals surface area contributed by atoms with Gasteiger partial charge in [0.05, 0.1) is 6.61 Å². The third-order valence-corrected chi connectivity index (χ3v) is 5.59. The molecule has 1 fully saturated rings. The van der Waals surface area contributed by atoms with Crippen molar-refractivity contribution in [2.24, 2.45) is 0 Å². The summed E-state index contributed by atoms with van der Waals surface area (Å²) in [5.41, 5.74) is -0.260. The Bertz CT molecular complexity index is 887. The van der Waals surface area contributed by atoms with Gasteiger partial charge in [0.2, 0.25) is 0 Å². The SMILES string of the molecule is CO[C@](CCCCO)(c1cccc(F)c1-c1cccc(OC(F)(F)F)c1)[C@H]1CNCCO1. The molecule has 0 bridgehead atoms. The molecule has 9 heteroatoms. The lowest BCUT2D eigenvalue weighted by molar-refractivity contribution is -0.274. The second-order valence-corrected chi connectivity index (χ2v) is 7.58. The number of methoxy groups -OCH3 is 1. The van der Waals surface area contributed by atoms with Crippen LogP contribution in [0, 0.1) is 5.82 Å². The van der Waals surface area contributed by atoms with Crippen molar-refractivity contribution < 1.29 is 36.9 Å². The van der Waals surface area contributed by atoms with E-state index >= 15 is 4.39 Å². The molecule has 0 amide bonds. The van der Waals surface area contributed by atoms with E-state index in [0.29, 0.717) is 44.5 Å². The molecule has 1 aliphatic rings. The number of morpholine rings is 1. The zero-order valence-electron chi connectivity index (χ0n) is 17.8. The van der Waals surface area contributed by atoms with Crippen LogP contribution >= 0.6 is 0 Å². The van der Waals surface area contributed by atoms with Crippen LogP contribution in [-0.2, 0) is 15.1 Å². The lowest BCUT2D eigenvalue weighted by atomic mass is 9.78. The van der Waals surface area contributed by atoms with Crippen molar-refractivity contribution in [3.8, 4) is 16.9 Å². The molecular formula is C23H27F4NO4. The van der Waals surface area contributed by atoms with Crippen molar-refractivity contribution in [1.29, 1.82) is 0 Å². The Labute approximate surface area is 184 Å². The molecule has 0 aliphatic carbocycles. The molecule has 1 saturated heterocycles. The van der Waals surface area contributed by atoms with E-state index in [-0.39, 0.29) is 17.7 Å². The second kappa shape index (κ2) is 10.6. The van der Waals surface area contributed by atoms with Crippen molar-refractivity contribution in [2.75, 3.05) is 33.4 Å². The van der Waals surface area contributed by atoms with Gasteiger partial charge >= 0.3 is 6.36 Å². The summed E-state index contributed by atoms with van der Waals surface area (Å²) in [6.45, 7) is 1.56. The Morgan fingerprint density at radius 3 is 2.59 bits per heavy atom. The van der Waals surface area contributed by atoms with E-state index in [2.05, 4.69) is 10.1 Å². The average Bonchev–Trinajstić information content (AvgIpc) is 2.76. The number of alkyl halides is 3. The van der Waals surface area contributed by atoms with E-state index in [1.54, 1.807) is 12.1 Å². The van der Waals surface area contributed by atoms with Gasteiger partial charge < -0.3 is 24.6 Å². The van der Waals surface area contributed by atoms with Crippen molar-refractivity contribution >= 4 is 0 Å². The Balaban J connectivity index is 2.13. The molecule has 1 heterocycles. The smallest absolute Gasteiger partial charge is 0.406 e. The first-order valence-electron chi connectivity index (χ1n) is 10.4. The highest BCUT2D eigenvalue weighted by atomic mass is 19.4. The first kappa shape index (κ1) is 24.4. The van der Waals surface area contributed by atoms with Crippen molar-refractivity contribution in [3.05, 3.63) is 53.8 Å².